The van der Waals surface area contributed by atoms with Gasteiger partial charge in [0.25, 0.3) is 0 Å². The molecule has 0 bridgehead atoms. The lowest BCUT2D eigenvalue weighted by atomic mass is 9.97. The molecular formula is C23H29N3O5S. The Morgan fingerprint density at radius 1 is 1.16 bits per heavy atom. The second-order valence-electron chi connectivity index (χ2n) is 8.40. The topological polar surface area (TPSA) is 97.0 Å². The second kappa shape index (κ2) is 9.48. The molecule has 0 radical (unpaired) electrons. The van der Waals surface area contributed by atoms with Crippen molar-refractivity contribution >= 4 is 21.6 Å². The molecule has 2 atom stereocenters. The third-order valence-corrected chi connectivity index (χ3v) is 7.45. The summed E-state index contributed by atoms with van der Waals surface area (Å²) in [7, 11) is -3.55. The Bertz CT molecular complexity index is 1070. The maximum Gasteiger partial charge on any atom is 0.241 e. The molecule has 8 nitrogen and oxygen atoms in total. The molecule has 0 aliphatic carbocycles. The molecule has 4 rings (SSSR count). The standard InChI is InChI=1S/C23H29N3O5S/c1-16-5-8-20(9-6-16)32(28,29)24-13-18-4-3-11-26(14-18)17(2)23(27)25-19-7-10-21-22(12-19)31-15-30-21/h5-10,12,17-18,24H,3-4,11,13-15H2,1-2H3,(H,25,27). The molecule has 2 aromatic carbocycles. The maximum absolute atomic E-state index is 12.8. The van der Waals surface area contributed by atoms with E-state index < -0.39 is 10.0 Å². The van der Waals surface area contributed by atoms with E-state index in [4.69, 9.17) is 9.47 Å². The zero-order valence-corrected chi connectivity index (χ0v) is 19.2. The first kappa shape index (κ1) is 22.6. The molecule has 9 heteroatoms. The van der Waals surface area contributed by atoms with E-state index in [-0.39, 0.29) is 29.6 Å². The lowest BCUT2D eigenvalue weighted by Crippen LogP contribution is -2.48. The first-order chi connectivity index (χ1) is 15.3. The summed E-state index contributed by atoms with van der Waals surface area (Å²) in [5.41, 5.74) is 1.67. The van der Waals surface area contributed by atoms with Gasteiger partial charge in [0.2, 0.25) is 22.7 Å². The average molecular weight is 460 g/mol. The molecule has 0 saturated carbocycles. The predicted molar refractivity (Wildman–Crippen MR) is 121 cm³/mol. The molecule has 1 saturated heterocycles. The fourth-order valence-electron chi connectivity index (χ4n) is 4.03. The van der Waals surface area contributed by atoms with Crippen molar-refractivity contribution < 1.29 is 22.7 Å². The van der Waals surface area contributed by atoms with Crippen LogP contribution in [0.1, 0.15) is 25.3 Å². The molecule has 172 valence electrons. The summed E-state index contributed by atoms with van der Waals surface area (Å²) in [6.45, 7) is 5.80. The van der Waals surface area contributed by atoms with Crippen LogP contribution >= 0.6 is 0 Å². The van der Waals surface area contributed by atoms with E-state index in [2.05, 4.69) is 14.9 Å². The van der Waals surface area contributed by atoms with E-state index in [0.29, 0.717) is 30.3 Å². The SMILES string of the molecule is Cc1ccc(S(=O)(=O)NCC2CCCN(C(C)C(=O)Nc3ccc4c(c3)OCO4)C2)cc1. The number of aryl methyl sites for hydroxylation is 1. The van der Waals surface area contributed by atoms with Crippen molar-refractivity contribution in [1.82, 2.24) is 9.62 Å². The van der Waals surface area contributed by atoms with E-state index in [9.17, 15) is 13.2 Å². The van der Waals surface area contributed by atoms with Gasteiger partial charge in [-0.05, 0) is 63.4 Å². The number of sulfonamides is 1. The Morgan fingerprint density at radius 2 is 1.91 bits per heavy atom. The largest absolute Gasteiger partial charge is 0.454 e. The molecule has 1 amide bonds. The van der Waals surface area contributed by atoms with Crippen molar-refractivity contribution in [3.8, 4) is 11.5 Å². The number of likely N-dealkylation sites (tertiary alicyclic amines) is 1. The third kappa shape index (κ3) is 5.23. The minimum atomic E-state index is -3.55. The highest BCUT2D eigenvalue weighted by molar-refractivity contribution is 7.89. The number of nitrogens with zero attached hydrogens (tertiary/aromatic N) is 1. The Labute approximate surface area is 189 Å². The number of nitrogens with one attached hydrogen (secondary N) is 2. The molecule has 2 heterocycles. The molecule has 0 spiro atoms. The minimum Gasteiger partial charge on any atom is -0.454 e. The Morgan fingerprint density at radius 3 is 2.69 bits per heavy atom. The quantitative estimate of drug-likeness (QED) is 0.661. The van der Waals surface area contributed by atoms with Gasteiger partial charge in [0.1, 0.15) is 0 Å². The van der Waals surface area contributed by atoms with Gasteiger partial charge >= 0.3 is 0 Å². The normalized spacial score (nSPS) is 19.5. The molecule has 0 aromatic heterocycles. The number of rotatable bonds is 7. The van der Waals surface area contributed by atoms with Crippen LogP contribution in [0, 0.1) is 12.8 Å². The summed E-state index contributed by atoms with van der Waals surface area (Å²) in [6, 6.07) is 11.8. The van der Waals surface area contributed by atoms with Crippen molar-refractivity contribution in [1.29, 1.82) is 0 Å². The highest BCUT2D eigenvalue weighted by Gasteiger charge is 2.28. The number of benzene rings is 2. The van der Waals surface area contributed by atoms with Crippen molar-refractivity contribution in [2.24, 2.45) is 5.92 Å². The summed E-state index contributed by atoms with van der Waals surface area (Å²) < 4.78 is 38.6. The fourth-order valence-corrected chi connectivity index (χ4v) is 5.15. The summed E-state index contributed by atoms with van der Waals surface area (Å²) in [5, 5.41) is 2.94. The van der Waals surface area contributed by atoms with Crippen LogP contribution in [0.4, 0.5) is 5.69 Å². The van der Waals surface area contributed by atoms with Gasteiger partial charge in [0, 0.05) is 24.8 Å². The summed E-state index contributed by atoms with van der Waals surface area (Å²) in [4.78, 5) is 15.2. The lowest BCUT2D eigenvalue weighted by Gasteiger charge is -2.36. The van der Waals surface area contributed by atoms with Crippen molar-refractivity contribution in [3.63, 3.8) is 0 Å². The van der Waals surface area contributed by atoms with E-state index >= 15 is 0 Å². The lowest BCUT2D eigenvalue weighted by molar-refractivity contribution is -0.121. The van der Waals surface area contributed by atoms with Crippen molar-refractivity contribution in [3.05, 3.63) is 48.0 Å². The first-order valence-electron chi connectivity index (χ1n) is 10.8. The van der Waals surface area contributed by atoms with Crippen LogP contribution in [-0.2, 0) is 14.8 Å². The monoisotopic (exact) mass is 459 g/mol. The Balaban J connectivity index is 1.31. The number of anilines is 1. The number of fused-ring (bicyclic) bond motifs is 1. The number of amides is 1. The summed E-state index contributed by atoms with van der Waals surface area (Å²) in [6.07, 6.45) is 1.84. The minimum absolute atomic E-state index is 0.107. The van der Waals surface area contributed by atoms with Crippen LogP contribution in [-0.4, -0.2) is 51.7 Å². The van der Waals surface area contributed by atoms with Crippen LogP contribution in [0.5, 0.6) is 11.5 Å². The van der Waals surface area contributed by atoms with E-state index in [1.54, 1.807) is 42.5 Å². The number of ether oxygens (including phenoxy) is 2. The molecule has 2 unspecified atom stereocenters. The molecule has 2 aliphatic rings. The predicted octanol–water partition coefficient (Wildman–Crippen LogP) is 2.74. The van der Waals surface area contributed by atoms with E-state index in [0.717, 1.165) is 24.9 Å². The Kier molecular flexibility index (Phi) is 6.68. The van der Waals surface area contributed by atoms with Crippen LogP contribution in [0.3, 0.4) is 0 Å². The number of hydrogen-bond acceptors (Lipinski definition) is 6. The van der Waals surface area contributed by atoms with E-state index in [1.807, 2.05) is 13.8 Å². The van der Waals surface area contributed by atoms with Crippen LogP contribution in [0.25, 0.3) is 0 Å². The molecule has 2 aliphatic heterocycles. The van der Waals surface area contributed by atoms with Gasteiger partial charge < -0.3 is 14.8 Å². The zero-order valence-electron chi connectivity index (χ0n) is 18.3. The summed E-state index contributed by atoms with van der Waals surface area (Å²) >= 11 is 0. The summed E-state index contributed by atoms with van der Waals surface area (Å²) in [5.74, 6) is 1.33. The Hall–Kier alpha value is -2.62. The highest BCUT2D eigenvalue weighted by atomic mass is 32.2. The van der Waals surface area contributed by atoms with Crippen LogP contribution < -0.4 is 19.5 Å². The zero-order chi connectivity index (χ0) is 22.7. The van der Waals surface area contributed by atoms with Gasteiger partial charge in [-0.1, -0.05) is 17.7 Å². The molecular weight excluding hydrogens is 430 g/mol. The smallest absolute Gasteiger partial charge is 0.241 e. The number of piperidine rings is 1. The number of hydrogen-bond donors (Lipinski definition) is 2. The van der Waals surface area contributed by atoms with Gasteiger partial charge in [-0.25, -0.2) is 13.1 Å². The van der Waals surface area contributed by atoms with Crippen LogP contribution in [0.15, 0.2) is 47.4 Å². The average Bonchev–Trinajstić information content (AvgIpc) is 3.26. The van der Waals surface area contributed by atoms with Gasteiger partial charge in [-0.2, -0.15) is 0 Å². The molecule has 2 aromatic rings. The molecule has 1 fully saturated rings. The van der Waals surface area contributed by atoms with Gasteiger partial charge in [0.05, 0.1) is 10.9 Å². The highest BCUT2D eigenvalue weighted by Crippen LogP contribution is 2.34. The van der Waals surface area contributed by atoms with Crippen molar-refractivity contribution in [2.75, 3.05) is 31.7 Å². The second-order valence-corrected chi connectivity index (χ2v) is 10.2. The number of carbonyl (C=O) groups is 1. The molecule has 2 N–H and O–H groups in total. The van der Waals surface area contributed by atoms with Gasteiger partial charge in [-0.15, -0.1) is 0 Å². The van der Waals surface area contributed by atoms with Gasteiger partial charge in [0.15, 0.2) is 11.5 Å². The maximum atomic E-state index is 12.8. The number of carbonyl (C=O) groups excluding carboxylic acids is 1. The third-order valence-electron chi connectivity index (χ3n) is 6.01. The molecule has 32 heavy (non-hydrogen) atoms. The first-order valence-corrected chi connectivity index (χ1v) is 12.3. The van der Waals surface area contributed by atoms with Crippen molar-refractivity contribution in [2.45, 2.75) is 37.6 Å². The van der Waals surface area contributed by atoms with Gasteiger partial charge in [-0.3, -0.25) is 9.69 Å². The van der Waals surface area contributed by atoms with E-state index in [1.165, 1.54) is 0 Å². The van der Waals surface area contributed by atoms with Crippen LogP contribution in [0.2, 0.25) is 0 Å². The fraction of sp³-hybridized carbons (Fsp3) is 0.435.